The molecule has 1 aliphatic rings. The van der Waals surface area contributed by atoms with E-state index in [1.54, 1.807) is 21.3 Å². The van der Waals surface area contributed by atoms with Gasteiger partial charge in [-0.05, 0) is 6.42 Å². The molecule has 0 aromatic carbocycles. The summed E-state index contributed by atoms with van der Waals surface area (Å²) in [5.41, 5.74) is 0. The quantitative estimate of drug-likeness (QED) is 0.500. The molecule has 0 saturated carbocycles. The molecule has 1 saturated heterocycles. The van der Waals surface area contributed by atoms with Gasteiger partial charge >= 0.3 is 8.80 Å². The Bertz CT molecular complexity index is 264. The van der Waals surface area contributed by atoms with Gasteiger partial charge in [-0.15, -0.1) is 0 Å². The molecule has 106 valence electrons. The van der Waals surface area contributed by atoms with Crippen LogP contribution in [0.5, 0.6) is 0 Å². The molecule has 18 heavy (non-hydrogen) atoms. The summed E-state index contributed by atoms with van der Waals surface area (Å²) in [6.45, 7) is 2.86. The SMILES string of the molecule is CO[Si](CCCN=C1N(C)CCN1C)(OC)OC. The Morgan fingerprint density at radius 3 is 2.00 bits per heavy atom. The minimum Gasteiger partial charge on any atom is -0.377 e. The molecule has 7 heteroatoms. The molecule has 0 bridgehead atoms. The highest BCUT2D eigenvalue weighted by Gasteiger charge is 2.36. The number of hydrogen-bond donors (Lipinski definition) is 0. The third-order valence-corrected chi connectivity index (χ3v) is 6.11. The van der Waals surface area contributed by atoms with E-state index in [-0.39, 0.29) is 0 Å². The molecule has 0 aromatic rings. The van der Waals surface area contributed by atoms with Crippen LogP contribution in [0.4, 0.5) is 0 Å². The van der Waals surface area contributed by atoms with Gasteiger partial charge in [0, 0.05) is 61.1 Å². The summed E-state index contributed by atoms with van der Waals surface area (Å²) >= 11 is 0. The van der Waals surface area contributed by atoms with Gasteiger partial charge in [0.1, 0.15) is 0 Å². The lowest BCUT2D eigenvalue weighted by atomic mass is 10.5. The molecule has 1 aliphatic heterocycles. The fourth-order valence-electron chi connectivity index (χ4n) is 2.06. The normalized spacial score (nSPS) is 16.6. The number of aliphatic imine (C=N–C) groups is 1. The van der Waals surface area contributed by atoms with Crippen LogP contribution in [-0.4, -0.2) is 79.6 Å². The molecule has 0 amide bonds. The average molecular weight is 275 g/mol. The third-order valence-electron chi connectivity index (χ3n) is 3.28. The van der Waals surface area contributed by atoms with Crippen LogP contribution in [0.25, 0.3) is 0 Å². The molecule has 1 rings (SSSR count). The van der Waals surface area contributed by atoms with Crippen LogP contribution in [-0.2, 0) is 13.3 Å². The zero-order valence-corrected chi connectivity index (χ0v) is 13.1. The molecule has 6 nitrogen and oxygen atoms in total. The fourth-order valence-corrected chi connectivity index (χ4v) is 3.77. The van der Waals surface area contributed by atoms with E-state index in [2.05, 4.69) is 28.9 Å². The lowest BCUT2D eigenvalue weighted by Crippen LogP contribution is -2.42. The number of rotatable bonds is 7. The van der Waals surface area contributed by atoms with E-state index in [1.807, 2.05) is 0 Å². The van der Waals surface area contributed by atoms with Crippen molar-refractivity contribution in [2.45, 2.75) is 12.5 Å². The molecule has 0 unspecified atom stereocenters. The molecule has 1 fully saturated rings. The highest BCUT2D eigenvalue weighted by atomic mass is 28.4. The van der Waals surface area contributed by atoms with Crippen LogP contribution < -0.4 is 0 Å². The van der Waals surface area contributed by atoms with Gasteiger partial charge in [-0.1, -0.05) is 0 Å². The first-order valence-electron chi connectivity index (χ1n) is 6.20. The summed E-state index contributed by atoms with van der Waals surface area (Å²) in [4.78, 5) is 8.96. The van der Waals surface area contributed by atoms with Crippen LogP contribution in [0.1, 0.15) is 6.42 Å². The molecule has 0 spiro atoms. The maximum absolute atomic E-state index is 5.38. The largest absolute Gasteiger partial charge is 0.500 e. The van der Waals surface area contributed by atoms with Crippen molar-refractivity contribution in [1.29, 1.82) is 0 Å². The summed E-state index contributed by atoms with van der Waals surface area (Å²) in [5.74, 6) is 1.06. The van der Waals surface area contributed by atoms with Crippen molar-refractivity contribution >= 4 is 14.8 Å². The van der Waals surface area contributed by atoms with Gasteiger partial charge in [-0.2, -0.15) is 0 Å². The van der Waals surface area contributed by atoms with E-state index in [0.29, 0.717) is 0 Å². The third kappa shape index (κ3) is 3.68. The van der Waals surface area contributed by atoms with Crippen molar-refractivity contribution in [3.05, 3.63) is 0 Å². The number of nitrogens with zero attached hydrogens (tertiary/aromatic N) is 3. The second-order valence-corrected chi connectivity index (χ2v) is 7.51. The van der Waals surface area contributed by atoms with Gasteiger partial charge in [0.15, 0.2) is 5.96 Å². The molecule has 0 atom stereocenters. The second-order valence-electron chi connectivity index (χ2n) is 4.42. The van der Waals surface area contributed by atoms with Crippen molar-refractivity contribution < 1.29 is 13.3 Å². The summed E-state index contributed by atoms with van der Waals surface area (Å²) in [5, 5.41) is 0. The van der Waals surface area contributed by atoms with E-state index < -0.39 is 8.80 Å². The van der Waals surface area contributed by atoms with E-state index in [0.717, 1.165) is 38.1 Å². The molecular formula is C11H25N3O3Si. The van der Waals surface area contributed by atoms with Crippen LogP contribution in [0.2, 0.25) is 6.04 Å². The standard InChI is InChI=1S/C11H25N3O3Si/c1-13-8-9-14(2)11(13)12-7-6-10-18(15-3,16-4)17-5/h6-10H2,1-5H3. The van der Waals surface area contributed by atoms with Crippen molar-refractivity contribution in [2.75, 3.05) is 55.1 Å². The first-order valence-corrected chi connectivity index (χ1v) is 8.14. The summed E-state index contributed by atoms with van der Waals surface area (Å²) < 4.78 is 16.1. The Morgan fingerprint density at radius 2 is 1.56 bits per heavy atom. The van der Waals surface area contributed by atoms with Crippen LogP contribution in [0.3, 0.4) is 0 Å². The topological polar surface area (TPSA) is 46.5 Å². The fraction of sp³-hybridized carbons (Fsp3) is 0.909. The van der Waals surface area contributed by atoms with E-state index >= 15 is 0 Å². The molecule has 0 aliphatic carbocycles. The van der Waals surface area contributed by atoms with Gasteiger partial charge in [-0.25, -0.2) is 0 Å². The van der Waals surface area contributed by atoms with Crippen molar-refractivity contribution in [1.82, 2.24) is 9.80 Å². The van der Waals surface area contributed by atoms with E-state index in [9.17, 15) is 0 Å². The lowest BCUT2D eigenvalue weighted by molar-refractivity contribution is 0.123. The van der Waals surface area contributed by atoms with Crippen LogP contribution >= 0.6 is 0 Å². The van der Waals surface area contributed by atoms with E-state index in [4.69, 9.17) is 13.3 Å². The molecule has 1 heterocycles. The first kappa shape index (κ1) is 15.4. The number of likely N-dealkylation sites (N-methyl/N-ethyl adjacent to an activating group) is 2. The van der Waals surface area contributed by atoms with Crippen LogP contribution in [0.15, 0.2) is 4.99 Å². The van der Waals surface area contributed by atoms with Crippen molar-refractivity contribution in [3.63, 3.8) is 0 Å². The number of hydrogen-bond acceptors (Lipinski definition) is 4. The summed E-state index contributed by atoms with van der Waals surface area (Å²) in [7, 11) is 6.64. The van der Waals surface area contributed by atoms with Gasteiger partial charge in [-0.3, -0.25) is 4.99 Å². The second kappa shape index (κ2) is 7.08. The minimum absolute atomic E-state index is 0.773. The Balaban J connectivity index is 2.40. The van der Waals surface area contributed by atoms with Gasteiger partial charge in [0.2, 0.25) is 0 Å². The highest BCUT2D eigenvalue weighted by molar-refractivity contribution is 6.60. The van der Waals surface area contributed by atoms with E-state index in [1.165, 1.54) is 0 Å². The molecule has 0 aromatic heterocycles. The first-order chi connectivity index (χ1) is 8.58. The maximum atomic E-state index is 5.38. The van der Waals surface area contributed by atoms with Crippen LogP contribution in [0, 0.1) is 0 Å². The Hall–Kier alpha value is -0.633. The Morgan fingerprint density at radius 1 is 1.06 bits per heavy atom. The average Bonchev–Trinajstić information content (AvgIpc) is 2.71. The smallest absolute Gasteiger partial charge is 0.377 e. The molecular weight excluding hydrogens is 250 g/mol. The Labute approximate surface area is 111 Å². The number of guanidine groups is 1. The van der Waals surface area contributed by atoms with Gasteiger partial charge in [0.25, 0.3) is 0 Å². The maximum Gasteiger partial charge on any atom is 0.500 e. The van der Waals surface area contributed by atoms with Gasteiger partial charge in [0.05, 0.1) is 0 Å². The molecule has 0 radical (unpaired) electrons. The highest BCUT2D eigenvalue weighted by Crippen LogP contribution is 2.15. The van der Waals surface area contributed by atoms with Crippen molar-refractivity contribution in [2.24, 2.45) is 4.99 Å². The lowest BCUT2D eigenvalue weighted by Gasteiger charge is -2.24. The van der Waals surface area contributed by atoms with Gasteiger partial charge < -0.3 is 23.1 Å². The zero-order valence-electron chi connectivity index (χ0n) is 12.1. The summed E-state index contributed by atoms with van der Waals surface area (Å²) in [6, 6.07) is 0.792. The molecule has 0 N–H and O–H groups in total. The minimum atomic E-state index is -2.42. The zero-order chi connectivity index (χ0) is 13.6. The van der Waals surface area contributed by atoms with Crippen molar-refractivity contribution in [3.8, 4) is 0 Å². The predicted octanol–water partition coefficient (Wildman–Crippen LogP) is 0.488. The summed E-state index contributed by atoms with van der Waals surface area (Å²) in [6.07, 6.45) is 0.910. The predicted molar refractivity (Wildman–Crippen MR) is 73.8 cm³/mol. The Kier molecular flexibility index (Phi) is 6.07. The monoisotopic (exact) mass is 275 g/mol.